The van der Waals surface area contributed by atoms with Crippen LogP contribution in [0, 0.1) is 6.92 Å². The molecule has 3 N–H and O–H groups in total. The van der Waals surface area contributed by atoms with Gasteiger partial charge in [-0.15, -0.1) is 0 Å². The molecule has 1 aromatic heterocycles. The van der Waals surface area contributed by atoms with Crippen molar-refractivity contribution in [2.75, 3.05) is 11.1 Å². The number of nitrogens with zero attached hydrogens (tertiary/aromatic N) is 1. The molecule has 1 heterocycles. The van der Waals surface area contributed by atoms with Gasteiger partial charge in [-0.05, 0) is 45.4 Å². The minimum atomic E-state index is -0.539. The number of hydrogen-bond acceptors (Lipinski definition) is 4. The first kappa shape index (κ1) is 14.1. The zero-order valence-corrected chi connectivity index (χ0v) is 12.2. The number of ether oxygens (including phenoxy) is 1. The Bertz CT molecular complexity index is 660. The standard InChI is InChI=1S/C15H19N3O2/c1-9-7-12(16)11-8-17-6-5-10(11)13(9)18-14(19)20-15(2,3)4/h5-8H,16H2,1-4H3,(H,18,19). The lowest BCUT2D eigenvalue weighted by Gasteiger charge is -2.21. The maximum atomic E-state index is 11.9. The van der Waals surface area contributed by atoms with Crippen molar-refractivity contribution in [2.45, 2.75) is 33.3 Å². The van der Waals surface area contributed by atoms with E-state index < -0.39 is 11.7 Å². The average Bonchev–Trinajstić information content (AvgIpc) is 2.32. The highest BCUT2D eigenvalue weighted by atomic mass is 16.6. The molecule has 0 unspecified atom stereocenters. The highest BCUT2D eigenvalue weighted by Gasteiger charge is 2.18. The van der Waals surface area contributed by atoms with Gasteiger partial charge in [0, 0.05) is 28.9 Å². The number of aromatic nitrogens is 1. The van der Waals surface area contributed by atoms with Crippen LogP contribution in [-0.4, -0.2) is 16.7 Å². The second kappa shape index (κ2) is 5.00. The highest BCUT2D eigenvalue weighted by molar-refractivity contribution is 6.06. The van der Waals surface area contributed by atoms with Crippen LogP contribution in [0.25, 0.3) is 10.8 Å². The summed E-state index contributed by atoms with van der Waals surface area (Å²) in [6, 6.07) is 3.64. The number of aryl methyl sites for hydroxylation is 1. The van der Waals surface area contributed by atoms with E-state index in [1.807, 2.05) is 39.8 Å². The number of benzene rings is 1. The third-order valence-corrected chi connectivity index (χ3v) is 2.79. The van der Waals surface area contributed by atoms with Gasteiger partial charge in [-0.3, -0.25) is 10.3 Å². The van der Waals surface area contributed by atoms with Gasteiger partial charge in [-0.1, -0.05) is 0 Å². The van der Waals surface area contributed by atoms with Crippen molar-refractivity contribution in [1.29, 1.82) is 0 Å². The van der Waals surface area contributed by atoms with Crippen LogP contribution in [-0.2, 0) is 4.74 Å². The molecule has 1 amide bonds. The molecule has 0 aliphatic rings. The normalized spacial score (nSPS) is 11.4. The van der Waals surface area contributed by atoms with Crippen LogP contribution in [0.1, 0.15) is 26.3 Å². The number of fused-ring (bicyclic) bond motifs is 1. The van der Waals surface area contributed by atoms with Gasteiger partial charge in [0.25, 0.3) is 0 Å². The van der Waals surface area contributed by atoms with Gasteiger partial charge in [0.2, 0.25) is 0 Å². The number of hydrogen-bond donors (Lipinski definition) is 2. The predicted molar refractivity (Wildman–Crippen MR) is 80.7 cm³/mol. The molecule has 5 heteroatoms. The maximum absolute atomic E-state index is 11.9. The van der Waals surface area contributed by atoms with Crippen molar-refractivity contribution in [3.05, 3.63) is 30.1 Å². The molecule has 1 aromatic carbocycles. The van der Waals surface area contributed by atoms with Gasteiger partial charge in [0.15, 0.2) is 0 Å². The molecule has 0 fully saturated rings. The monoisotopic (exact) mass is 273 g/mol. The largest absolute Gasteiger partial charge is 0.444 e. The van der Waals surface area contributed by atoms with Gasteiger partial charge in [0.1, 0.15) is 5.60 Å². The number of nitrogens with one attached hydrogen (secondary N) is 1. The summed E-state index contributed by atoms with van der Waals surface area (Å²) in [6.45, 7) is 7.36. The molecule has 20 heavy (non-hydrogen) atoms. The summed E-state index contributed by atoms with van der Waals surface area (Å²) in [7, 11) is 0. The Labute approximate surface area is 118 Å². The fourth-order valence-electron chi connectivity index (χ4n) is 2.01. The lowest BCUT2D eigenvalue weighted by molar-refractivity contribution is 0.0636. The van der Waals surface area contributed by atoms with E-state index in [2.05, 4.69) is 10.3 Å². The summed E-state index contributed by atoms with van der Waals surface area (Å²) in [4.78, 5) is 16.0. The minimum Gasteiger partial charge on any atom is -0.444 e. The lowest BCUT2D eigenvalue weighted by atomic mass is 10.0. The molecule has 106 valence electrons. The lowest BCUT2D eigenvalue weighted by Crippen LogP contribution is -2.27. The Morgan fingerprint density at radius 2 is 2.05 bits per heavy atom. The van der Waals surface area contributed by atoms with Crippen LogP contribution in [0.2, 0.25) is 0 Å². The number of nitrogens with two attached hydrogens (primary N) is 1. The molecule has 0 atom stereocenters. The third-order valence-electron chi connectivity index (χ3n) is 2.79. The number of carbonyl (C=O) groups is 1. The van der Waals surface area contributed by atoms with Crippen molar-refractivity contribution in [3.63, 3.8) is 0 Å². The summed E-state index contributed by atoms with van der Waals surface area (Å²) in [5.41, 5.74) is 7.66. The van der Waals surface area contributed by atoms with Crippen molar-refractivity contribution in [2.24, 2.45) is 0 Å². The fourth-order valence-corrected chi connectivity index (χ4v) is 2.01. The van der Waals surface area contributed by atoms with E-state index in [1.54, 1.807) is 12.4 Å². The topological polar surface area (TPSA) is 77.2 Å². The Hall–Kier alpha value is -2.30. The summed E-state index contributed by atoms with van der Waals surface area (Å²) in [6.07, 6.45) is 2.87. The zero-order chi connectivity index (χ0) is 14.9. The summed E-state index contributed by atoms with van der Waals surface area (Å²) in [5, 5.41) is 4.45. The highest BCUT2D eigenvalue weighted by Crippen LogP contribution is 2.31. The van der Waals surface area contributed by atoms with E-state index >= 15 is 0 Å². The third kappa shape index (κ3) is 2.99. The quantitative estimate of drug-likeness (QED) is 0.780. The second-order valence-corrected chi connectivity index (χ2v) is 5.71. The van der Waals surface area contributed by atoms with Crippen LogP contribution in [0.15, 0.2) is 24.5 Å². The van der Waals surface area contributed by atoms with Gasteiger partial charge in [0.05, 0.1) is 5.69 Å². The van der Waals surface area contributed by atoms with E-state index in [0.717, 1.165) is 16.3 Å². The van der Waals surface area contributed by atoms with E-state index in [9.17, 15) is 4.79 Å². The molecular weight excluding hydrogens is 254 g/mol. The van der Waals surface area contributed by atoms with E-state index in [-0.39, 0.29) is 0 Å². The van der Waals surface area contributed by atoms with Crippen molar-refractivity contribution >= 4 is 28.2 Å². The summed E-state index contributed by atoms with van der Waals surface area (Å²) >= 11 is 0. The van der Waals surface area contributed by atoms with Crippen molar-refractivity contribution in [3.8, 4) is 0 Å². The first-order valence-corrected chi connectivity index (χ1v) is 6.41. The number of rotatable bonds is 1. The molecule has 0 radical (unpaired) electrons. The maximum Gasteiger partial charge on any atom is 0.412 e. The molecule has 0 saturated carbocycles. The van der Waals surface area contributed by atoms with E-state index in [1.165, 1.54) is 0 Å². The molecule has 0 spiro atoms. The first-order valence-electron chi connectivity index (χ1n) is 6.41. The van der Waals surface area contributed by atoms with Gasteiger partial charge in [-0.25, -0.2) is 4.79 Å². The molecule has 0 bridgehead atoms. The Morgan fingerprint density at radius 1 is 1.35 bits per heavy atom. The van der Waals surface area contributed by atoms with Crippen LogP contribution in [0.3, 0.4) is 0 Å². The molecule has 0 aliphatic heterocycles. The number of pyridine rings is 1. The second-order valence-electron chi connectivity index (χ2n) is 5.71. The Balaban J connectivity index is 2.42. The van der Waals surface area contributed by atoms with Crippen LogP contribution >= 0.6 is 0 Å². The fraction of sp³-hybridized carbons (Fsp3) is 0.333. The zero-order valence-electron chi connectivity index (χ0n) is 12.2. The minimum absolute atomic E-state index is 0.483. The molecule has 0 saturated heterocycles. The first-order chi connectivity index (χ1) is 9.28. The van der Waals surface area contributed by atoms with E-state index in [4.69, 9.17) is 10.5 Å². The molecule has 2 aromatic rings. The summed E-state index contributed by atoms with van der Waals surface area (Å²) in [5.74, 6) is 0. The number of carbonyl (C=O) groups excluding carboxylic acids is 1. The Morgan fingerprint density at radius 3 is 2.70 bits per heavy atom. The van der Waals surface area contributed by atoms with Crippen LogP contribution in [0.4, 0.5) is 16.2 Å². The molecule has 2 rings (SSSR count). The number of anilines is 2. The van der Waals surface area contributed by atoms with Crippen molar-refractivity contribution in [1.82, 2.24) is 4.98 Å². The summed E-state index contributed by atoms with van der Waals surface area (Å²) < 4.78 is 5.28. The molecule has 0 aliphatic carbocycles. The molecular formula is C15H19N3O2. The number of nitrogen functional groups attached to an aromatic ring is 1. The van der Waals surface area contributed by atoms with Crippen molar-refractivity contribution < 1.29 is 9.53 Å². The van der Waals surface area contributed by atoms with E-state index in [0.29, 0.717) is 11.4 Å². The molecule has 5 nitrogen and oxygen atoms in total. The smallest absolute Gasteiger partial charge is 0.412 e. The van der Waals surface area contributed by atoms with Gasteiger partial charge in [-0.2, -0.15) is 0 Å². The van der Waals surface area contributed by atoms with Gasteiger partial charge >= 0.3 is 6.09 Å². The van der Waals surface area contributed by atoms with Gasteiger partial charge < -0.3 is 10.5 Å². The van der Waals surface area contributed by atoms with Crippen LogP contribution < -0.4 is 11.1 Å². The predicted octanol–water partition coefficient (Wildman–Crippen LogP) is 3.47. The average molecular weight is 273 g/mol. The Kier molecular flexibility index (Phi) is 3.53. The SMILES string of the molecule is Cc1cc(N)c2cnccc2c1NC(=O)OC(C)(C)C. The van der Waals surface area contributed by atoms with Crippen LogP contribution in [0.5, 0.6) is 0 Å². The number of amides is 1.